The molecule has 4 atom stereocenters. The van der Waals surface area contributed by atoms with Gasteiger partial charge >= 0.3 is 5.97 Å². The highest BCUT2D eigenvalue weighted by molar-refractivity contribution is 5.94. The van der Waals surface area contributed by atoms with Gasteiger partial charge in [0.1, 0.15) is 18.6 Å². The first-order valence-corrected chi connectivity index (χ1v) is 9.04. The molecular formula is C17H28N6O6. The van der Waals surface area contributed by atoms with E-state index in [1.54, 1.807) is 13.8 Å². The van der Waals surface area contributed by atoms with E-state index in [2.05, 4.69) is 25.9 Å². The monoisotopic (exact) mass is 412 g/mol. The van der Waals surface area contributed by atoms with Crippen LogP contribution in [0.15, 0.2) is 12.5 Å². The molecule has 0 aromatic carbocycles. The van der Waals surface area contributed by atoms with Gasteiger partial charge in [0.25, 0.3) is 0 Å². The SMILES string of the molecule is CC(C)C(N)C(=O)NC(C(=O)NC(Cc1cnc[nH]1)C(=O)NCC(=O)O)C(C)O. The maximum Gasteiger partial charge on any atom is 0.322 e. The number of imidazole rings is 1. The number of carboxylic acid groups (broad SMARTS) is 1. The average molecular weight is 412 g/mol. The van der Waals surface area contributed by atoms with Crippen LogP contribution in [0.5, 0.6) is 0 Å². The molecule has 0 radical (unpaired) electrons. The predicted molar refractivity (Wildman–Crippen MR) is 101 cm³/mol. The smallest absolute Gasteiger partial charge is 0.322 e. The van der Waals surface area contributed by atoms with Crippen LogP contribution < -0.4 is 21.7 Å². The van der Waals surface area contributed by atoms with Crippen LogP contribution in [-0.4, -0.2) is 74.6 Å². The molecule has 0 aliphatic heterocycles. The van der Waals surface area contributed by atoms with Crippen molar-refractivity contribution in [2.45, 2.75) is 51.4 Å². The zero-order chi connectivity index (χ0) is 22.1. The van der Waals surface area contributed by atoms with Crippen LogP contribution in [0.1, 0.15) is 26.5 Å². The van der Waals surface area contributed by atoms with E-state index in [0.717, 1.165) is 0 Å². The minimum Gasteiger partial charge on any atom is -0.480 e. The third-order valence-corrected chi connectivity index (χ3v) is 4.11. The van der Waals surface area contributed by atoms with Gasteiger partial charge in [-0.1, -0.05) is 13.8 Å². The van der Waals surface area contributed by atoms with E-state index < -0.39 is 54.5 Å². The van der Waals surface area contributed by atoms with Crippen molar-refractivity contribution in [2.24, 2.45) is 11.7 Å². The summed E-state index contributed by atoms with van der Waals surface area (Å²) < 4.78 is 0. The first kappa shape index (κ1) is 24.0. The van der Waals surface area contributed by atoms with Crippen LogP contribution in [0.2, 0.25) is 0 Å². The fraction of sp³-hybridized carbons (Fsp3) is 0.588. The fourth-order valence-electron chi connectivity index (χ4n) is 2.33. The number of nitrogens with two attached hydrogens (primary N) is 1. The highest BCUT2D eigenvalue weighted by Crippen LogP contribution is 2.04. The molecule has 1 aromatic heterocycles. The summed E-state index contributed by atoms with van der Waals surface area (Å²) in [4.78, 5) is 54.4. The molecule has 8 N–H and O–H groups in total. The second kappa shape index (κ2) is 11.1. The Bertz CT molecular complexity index is 705. The molecule has 1 heterocycles. The van der Waals surface area contributed by atoms with Crippen molar-refractivity contribution < 1.29 is 29.4 Å². The zero-order valence-electron chi connectivity index (χ0n) is 16.5. The largest absolute Gasteiger partial charge is 0.480 e. The Hall–Kier alpha value is -2.99. The summed E-state index contributed by atoms with van der Waals surface area (Å²) in [5.74, 6) is -3.63. The summed E-state index contributed by atoms with van der Waals surface area (Å²) in [5.41, 5.74) is 6.27. The molecular weight excluding hydrogens is 384 g/mol. The Labute approximate surface area is 167 Å². The molecule has 0 fully saturated rings. The topological polar surface area (TPSA) is 200 Å². The molecule has 0 aliphatic rings. The third-order valence-electron chi connectivity index (χ3n) is 4.11. The summed E-state index contributed by atoms with van der Waals surface area (Å²) in [6.45, 7) is 4.14. The fourth-order valence-corrected chi connectivity index (χ4v) is 2.33. The van der Waals surface area contributed by atoms with E-state index in [9.17, 15) is 24.3 Å². The van der Waals surface area contributed by atoms with Crippen molar-refractivity contribution in [1.29, 1.82) is 0 Å². The molecule has 0 aliphatic carbocycles. The van der Waals surface area contributed by atoms with E-state index >= 15 is 0 Å². The minimum atomic E-state index is -1.36. The lowest BCUT2D eigenvalue weighted by Gasteiger charge is -2.26. The van der Waals surface area contributed by atoms with Crippen molar-refractivity contribution in [3.63, 3.8) is 0 Å². The molecule has 3 amide bonds. The number of aliphatic hydroxyl groups is 1. The van der Waals surface area contributed by atoms with Crippen LogP contribution in [0.4, 0.5) is 0 Å². The van der Waals surface area contributed by atoms with Gasteiger partial charge in [0.05, 0.1) is 18.5 Å². The standard InChI is InChI=1S/C17H28N6O6/c1-8(2)13(18)16(28)23-14(9(3)24)17(29)22-11(4-10-5-19-7-21-10)15(27)20-6-12(25)26/h5,7-9,11,13-14,24H,4,6,18H2,1-3H3,(H,19,21)(H,20,27)(H,22,29)(H,23,28)(H,25,26). The maximum absolute atomic E-state index is 12.6. The number of carbonyl (C=O) groups excluding carboxylic acids is 3. The number of carbonyl (C=O) groups is 4. The Morgan fingerprint density at radius 2 is 1.79 bits per heavy atom. The number of amides is 3. The Kier molecular flexibility index (Phi) is 9.22. The van der Waals surface area contributed by atoms with Crippen LogP contribution in [0, 0.1) is 5.92 Å². The average Bonchev–Trinajstić information content (AvgIpc) is 3.15. The van der Waals surface area contributed by atoms with Gasteiger partial charge in [-0.25, -0.2) is 4.98 Å². The summed E-state index contributed by atoms with van der Waals surface area (Å²) >= 11 is 0. The Balaban J connectivity index is 2.91. The molecule has 1 aromatic rings. The number of hydrogen-bond donors (Lipinski definition) is 7. The van der Waals surface area contributed by atoms with Gasteiger partial charge < -0.3 is 36.9 Å². The Morgan fingerprint density at radius 1 is 1.14 bits per heavy atom. The molecule has 4 unspecified atom stereocenters. The molecule has 29 heavy (non-hydrogen) atoms. The minimum absolute atomic E-state index is 0.0107. The zero-order valence-corrected chi connectivity index (χ0v) is 16.5. The second-order valence-corrected chi connectivity index (χ2v) is 6.95. The predicted octanol–water partition coefficient (Wildman–Crippen LogP) is -2.51. The summed E-state index contributed by atoms with van der Waals surface area (Å²) in [5, 5.41) is 25.6. The lowest BCUT2D eigenvalue weighted by Crippen LogP contribution is -2.60. The first-order valence-electron chi connectivity index (χ1n) is 9.04. The van der Waals surface area contributed by atoms with E-state index in [1.807, 2.05) is 0 Å². The number of aromatic amines is 1. The van der Waals surface area contributed by atoms with Crippen LogP contribution in [0.3, 0.4) is 0 Å². The van der Waals surface area contributed by atoms with E-state index in [0.29, 0.717) is 5.69 Å². The van der Waals surface area contributed by atoms with Gasteiger partial charge in [-0.05, 0) is 12.8 Å². The highest BCUT2D eigenvalue weighted by atomic mass is 16.4. The molecule has 0 bridgehead atoms. The Morgan fingerprint density at radius 3 is 2.28 bits per heavy atom. The number of aliphatic carboxylic acids is 1. The van der Waals surface area contributed by atoms with Crippen molar-refractivity contribution >= 4 is 23.7 Å². The lowest BCUT2D eigenvalue weighted by atomic mass is 10.0. The van der Waals surface area contributed by atoms with Gasteiger partial charge in [-0.3, -0.25) is 19.2 Å². The lowest BCUT2D eigenvalue weighted by molar-refractivity contribution is -0.138. The quantitative estimate of drug-likeness (QED) is 0.206. The van der Waals surface area contributed by atoms with Crippen molar-refractivity contribution in [1.82, 2.24) is 25.9 Å². The van der Waals surface area contributed by atoms with E-state index in [4.69, 9.17) is 10.8 Å². The van der Waals surface area contributed by atoms with Gasteiger partial charge in [0.15, 0.2) is 0 Å². The molecule has 162 valence electrons. The summed E-state index contributed by atoms with van der Waals surface area (Å²) in [7, 11) is 0. The first-order chi connectivity index (χ1) is 13.5. The van der Waals surface area contributed by atoms with Gasteiger partial charge in [0.2, 0.25) is 17.7 Å². The molecule has 0 saturated heterocycles. The maximum atomic E-state index is 12.6. The molecule has 0 spiro atoms. The third kappa shape index (κ3) is 7.87. The van der Waals surface area contributed by atoms with Gasteiger partial charge in [0, 0.05) is 18.3 Å². The number of nitrogens with zero attached hydrogens (tertiary/aromatic N) is 1. The van der Waals surface area contributed by atoms with E-state index in [-0.39, 0.29) is 12.3 Å². The highest BCUT2D eigenvalue weighted by Gasteiger charge is 2.31. The van der Waals surface area contributed by atoms with Gasteiger partial charge in [-0.15, -0.1) is 0 Å². The van der Waals surface area contributed by atoms with Crippen LogP contribution >= 0.6 is 0 Å². The number of H-pyrrole nitrogens is 1. The number of rotatable bonds is 11. The normalized spacial score (nSPS) is 15.1. The number of nitrogens with one attached hydrogen (secondary N) is 4. The number of hydrogen-bond acceptors (Lipinski definition) is 7. The molecule has 12 nitrogen and oxygen atoms in total. The number of carboxylic acids is 1. The van der Waals surface area contributed by atoms with Crippen molar-refractivity contribution in [3.05, 3.63) is 18.2 Å². The van der Waals surface area contributed by atoms with Crippen LogP contribution in [-0.2, 0) is 25.6 Å². The van der Waals surface area contributed by atoms with E-state index in [1.165, 1.54) is 19.4 Å². The molecule has 1 rings (SSSR count). The number of aliphatic hydroxyl groups excluding tert-OH is 1. The molecule has 12 heteroatoms. The molecule has 0 saturated carbocycles. The second-order valence-electron chi connectivity index (χ2n) is 6.95. The van der Waals surface area contributed by atoms with Crippen molar-refractivity contribution in [2.75, 3.05) is 6.54 Å². The van der Waals surface area contributed by atoms with Gasteiger partial charge in [-0.2, -0.15) is 0 Å². The summed E-state index contributed by atoms with van der Waals surface area (Å²) in [6.07, 6.45) is 1.55. The number of aromatic nitrogens is 2. The summed E-state index contributed by atoms with van der Waals surface area (Å²) in [6, 6.07) is -3.41. The van der Waals surface area contributed by atoms with Crippen molar-refractivity contribution in [3.8, 4) is 0 Å². The van der Waals surface area contributed by atoms with Crippen LogP contribution in [0.25, 0.3) is 0 Å².